The maximum absolute atomic E-state index is 12.0. The molecule has 1 fully saturated rings. The molecule has 0 aromatic heterocycles. The van der Waals surface area contributed by atoms with E-state index in [1.807, 2.05) is 42.5 Å². The first-order valence-electron chi connectivity index (χ1n) is 6.29. The number of benzene rings is 2. The van der Waals surface area contributed by atoms with Crippen molar-refractivity contribution >= 4 is 22.3 Å². The molecule has 18 heavy (non-hydrogen) atoms. The fourth-order valence-electron chi connectivity index (χ4n) is 2.17. The van der Waals surface area contributed by atoms with Crippen LogP contribution in [0.4, 0.5) is 0 Å². The lowest BCUT2D eigenvalue weighted by molar-refractivity contribution is -0.119. The molecule has 1 aliphatic rings. The van der Waals surface area contributed by atoms with Crippen molar-refractivity contribution in [2.45, 2.75) is 19.3 Å². The minimum atomic E-state index is -0.0577. The summed E-state index contributed by atoms with van der Waals surface area (Å²) < 4.78 is 0. The van der Waals surface area contributed by atoms with Gasteiger partial charge in [0.05, 0.1) is 6.42 Å². The van der Waals surface area contributed by atoms with E-state index in [1.54, 1.807) is 0 Å². The van der Waals surface area contributed by atoms with Crippen molar-refractivity contribution in [2.75, 3.05) is 0 Å². The van der Waals surface area contributed by atoms with E-state index >= 15 is 0 Å². The van der Waals surface area contributed by atoms with Crippen molar-refractivity contribution in [1.82, 2.24) is 0 Å². The molecule has 0 aliphatic heterocycles. The molecular weight excluding hydrogens is 224 g/mol. The molecule has 0 amide bonds. The van der Waals surface area contributed by atoms with E-state index in [4.69, 9.17) is 0 Å². The van der Waals surface area contributed by atoms with Crippen LogP contribution in [0, 0.1) is 5.92 Å². The Bertz CT molecular complexity index is 624. The first-order valence-corrected chi connectivity index (χ1v) is 6.29. The van der Waals surface area contributed by atoms with E-state index in [1.165, 1.54) is 0 Å². The molecular formula is C16H14O2. The van der Waals surface area contributed by atoms with Crippen LogP contribution in [0.3, 0.4) is 0 Å². The summed E-state index contributed by atoms with van der Waals surface area (Å²) in [6, 6.07) is 13.5. The molecule has 0 spiro atoms. The Kier molecular flexibility index (Phi) is 2.71. The van der Waals surface area contributed by atoms with Crippen LogP contribution in [0.15, 0.2) is 42.5 Å². The molecule has 0 saturated heterocycles. The summed E-state index contributed by atoms with van der Waals surface area (Å²) in [6.07, 6.45) is 1.98. The molecule has 2 heteroatoms. The van der Waals surface area contributed by atoms with Crippen molar-refractivity contribution in [3.63, 3.8) is 0 Å². The molecule has 1 saturated carbocycles. The zero-order valence-corrected chi connectivity index (χ0v) is 10.1. The fraction of sp³-hybridized carbons (Fsp3) is 0.250. The predicted molar refractivity (Wildman–Crippen MR) is 70.6 cm³/mol. The van der Waals surface area contributed by atoms with Gasteiger partial charge in [0.15, 0.2) is 5.78 Å². The molecule has 2 aromatic carbocycles. The summed E-state index contributed by atoms with van der Waals surface area (Å²) in [7, 11) is 0. The van der Waals surface area contributed by atoms with Crippen LogP contribution < -0.4 is 0 Å². The molecule has 0 unspecified atom stereocenters. The second-order valence-electron chi connectivity index (χ2n) is 4.90. The van der Waals surface area contributed by atoms with Crippen molar-refractivity contribution < 1.29 is 9.59 Å². The van der Waals surface area contributed by atoms with E-state index in [2.05, 4.69) is 0 Å². The van der Waals surface area contributed by atoms with E-state index < -0.39 is 0 Å². The summed E-state index contributed by atoms with van der Waals surface area (Å²) in [5.74, 6) is 0.209. The fourth-order valence-corrected chi connectivity index (χ4v) is 2.17. The number of carbonyl (C=O) groups excluding carboxylic acids is 2. The molecule has 1 aliphatic carbocycles. The lowest BCUT2D eigenvalue weighted by atomic mass is 10.0. The highest BCUT2D eigenvalue weighted by molar-refractivity contribution is 6.10. The van der Waals surface area contributed by atoms with Crippen LogP contribution in [-0.2, 0) is 4.79 Å². The molecule has 3 rings (SSSR count). The van der Waals surface area contributed by atoms with E-state index in [-0.39, 0.29) is 23.9 Å². The minimum Gasteiger partial charge on any atom is -0.299 e. The predicted octanol–water partition coefficient (Wildman–Crippen LogP) is 3.39. The number of Topliss-reactive ketones (excluding diaryl/α,β-unsaturated/α-hetero) is 2. The molecule has 0 heterocycles. The Hall–Kier alpha value is -1.96. The molecule has 2 nitrogen and oxygen atoms in total. The van der Waals surface area contributed by atoms with E-state index in [9.17, 15) is 9.59 Å². The summed E-state index contributed by atoms with van der Waals surface area (Å²) in [5, 5.41) is 2.16. The summed E-state index contributed by atoms with van der Waals surface area (Å²) >= 11 is 0. The minimum absolute atomic E-state index is 0.0577. The maximum atomic E-state index is 12.0. The summed E-state index contributed by atoms with van der Waals surface area (Å²) in [4.78, 5) is 23.6. The Balaban J connectivity index is 1.84. The molecule has 0 bridgehead atoms. The highest BCUT2D eigenvalue weighted by atomic mass is 16.1. The third kappa shape index (κ3) is 2.19. The van der Waals surface area contributed by atoms with Crippen LogP contribution in [-0.4, -0.2) is 11.6 Å². The van der Waals surface area contributed by atoms with Gasteiger partial charge in [-0.2, -0.15) is 0 Å². The zero-order chi connectivity index (χ0) is 12.5. The molecule has 0 atom stereocenters. The van der Waals surface area contributed by atoms with Gasteiger partial charge in [-0.15, -0.1) is 0 Å². The summed E-state index contributed by atoms with van der Waals surface area (Å²) in [6.45, 7) is 0. The van der Waals surface area contributed by atoms with Gasteiger partial charge in [-0.05, 0) is 29.7 Å². The third-order valence-electron chi connectivity index (χ3n) is 3.44. The highest BCUT2D eigenvalue weighted by Crippen LogP contribution is 2.31. The Labute approximate surface area is 106 Å². The third-order valence-corrected chi connectivity index (χ3v) is 3.44. The Morgan fingerprint density at radius 2 is 1.72 bits per heavy atom. The van der Waals surface area contributed by atoms with Gasteiger partial charge in [0.25, 0.3) is 0 Å². The highest BCUT2D eigenvalue weighted by Gasteiger charge is 2.30. The normalized spacial score (nSPS) is 14.7. The van der Waals surface area contributed by atoms with Gasteiger partial charge in [0.1, 0.15) is 5.78 Å². The number of hydrogen-bond donors (Lipinski definition) is 0. The summed E-state index contributed by atoms with van der Waals surface area (Å²) in [5.41, 5.74) is 0.641. The van der Waals surface area contributed by atoms with E-state index in [0.29, 0.717) is 5.56 Å². The quantitative estimate of drug-likeness (QED) is 0.604. The maximum Gasteiger partial charge on any atom is 0.170 e. The average molecular weight is 238 g/mol. The smallest absolute Gasteiger partial charge is 0.170 e. The number of fused-ring (bicyclic) bond motifs is 1. The van der Waals surface area contributed by atoms with Gasteiger partial charge in [-0.25, -0.2) is 0 Å². The lowest BCUT2D eigenvalue weighted by Crippen LogP contribution is -2.09. The largest absolute Gasteiger partial charge is 0.299 e. The second-order valence-corrected chi connectivity index (χ2v) is 4.90. The van der Waals surface area contributed by atoms with Crippen molar-refractivity contribution in [3.8, 4) is 0 Å². The van der Waals surface area contributed by atoms with Crippen LogP contribution in [0.5, 0.6) is 0 Å². The van der Waals surface area contributed by atoms with E-state index in [0.717, 1.165) is 23.6 Å². The first-order chi connectivity index (χ1) is 8.74. The molecule has 0 N–H and O–H groups in total. The standard InChI is InChI=1S/C16H14O2/c17-15(12-6-7-12)10-16(18)14-8-5-11-3-1-2-4-13(11)9-14/h1-5,8-9,12H,6-7,10H2. The first kappa shape index (κ1) is 11.1. The van der Waals surface area contributed by atoms with Crippen molar-refractivity contribution in [3.05, 3.63) is 48.0 Å². The SMILES string of the molecule is O=C(CC(=O)C1CC1)c1ccc2ccccc2c1. The molecule has 2 aromatic rings. The van der Waals surface area contributed by atoms with Crippen LogP contribution in [0.25, 0.3) is 10.8 Å². The second kappa shape index (κ2) is 4.37. The monoisotopic (exact) mass is 238 g/mol. The Morgan fingerprint density at radius 1 is 1.00 bits per heavy atom. The van der Waals surface area contributed by atoms with Gasteiger partial charge in [0, 0.05) is 11.5 Å². The van der Waals surface area contributed by atoms with Gasteiger partial charge < -0.3 is 0 Å². The topological polar surface area (TPSA) is 34.1 Å². The van der Waals surface area contributed by atoms with Crippen molar-refractivity contribution in [2.24, 2.45) is 5.92 Å². The van der Waals surface area contributed by atoms with Crippen LogP contribution >= 0.6 is 0 Å². The molecule has 0 radical (unpaired) electrons. The zero-order valence-electron chi connectivity index (χ0n) is 10.1. The van der Waals surface area contributed by atoms with Crippen LogP contribution in [0.1, 0.15) is 29.6 Å². The van der Waals surface area contributed by atoms with Gasteiger partial charge in [-0.1, -0.05) is 36.4 Å². The van der Waals surface area contributed by atoms with Crippen LogP contribution in [0.2, 0.25) is 0 Å². The number of hydrogen-bond acceptors (Lipinski definition) is 2. The van der Waals surface area contributed by atoms with Gasteiger partial charge in [-0.3, -0.25) is 9.59 Å². The lowest BCUT2D eigenvalue weighted by Gasteiger charge is -2.02. The number of ketones is 2. The number of rotatable bonds is 4. The van der Waals surface area contributed by atoms with Gasteiger partial charge >= 0.3 is 0 Å². The number of carbonyl (C=O) groups is 2. The average Bonchev–Trinajstić information content (AvgIpc) is 3.22. The molecule has 90 valence electrons. The Morgan fingerprint density at radius 3 is 2.44 bits per heavy atom. The van der Waals surface area contributed by atoms with Gasteiger partial charge in [0.2, 0.25) is 0 Å². The van der Waals surface area contributed by atoms with Crippen molar-refractivity contribution in [1.29, 1.82) is 0 Å².